The SMILES string of the molecule is Cc1ccc(C(C)C)cc1COc1nn(CC(C)C)c(N)c1C#N. The number of hydrogen-bond donors (Lipinski definition) is 1. The Morgan fingerprint density at radius 1 is 1.29 bits per heavy atom. The zero-order valence-electron chi connectivity index (χ0n) is 15.1. The van der Waals surface area contributed by atoms with Crippen molar-refractivity contribution >= 4 is 5.82 Å². The molecule has 128 valence electrons. The number of nitrogen functional groups attached to an aromatic ring is 1. The Labute approximate surface area is 144 Å². The lowest BCUT2D eigenvalue weighted by Crippen LogP contribution is -2.09. The maximum Gasteiger partial charge on any atom is 0.253 e. The molecule has 1 aromatic carbocycles. The molecule has 0 fully saturated rings. The third-order valence-corrected chi connectivity index (χ3v) is 4.01. The van der Waals surface area contributed by atoms with Crippen LogP contribution in [0.5, 0.6) is 5.88 Å². The van der Waals surface area contributed by atoms with Crippen molar-refractivity contribution in [1.29, 1.82) is 5.26 Å². The molecule has 0 aliphatic heterocycles. The van der Waals surface area contributed by atoms with Gasteiger partial charge >= 0.3 is 0 Å². The third-order valence-electron chi connectivity index (χ3n) is 4.01. The summed E-state index contributed by atoms with van der Waals surface area (Å²) in [6.07, 6.45) is 0. The Hall–Kier alpha value is -2.48. The Morgan fingerprint density at radius 2 is 2.00 bits per heavy atom. The van der Waals surface area contributed by atoms with Crippen LogP contribution in [0.4, 0.5) is 5.82 Å². The monoisotopic (exact) mass is 326 g/mol. The van der Waals surface area contributed by atoms with Gasteiger partial charge in [0, 0.05) is 6.54 Å². The van der Waals surface area contributed by atoms with Gasteiger partial charge in [-0.05, 0) is 35.4 Å². The fourth-order valence-corrected chi connectivity index (χ4v) is 2.50. The molecule has 0 bridgehead atoms. The molecule has 0 aliphatic rings. The number of hydrogen-bond acceptors (Lipinski definition) is 4. The van der Waals surface area contributed by atoms with Crippen molar-refractivity contribution in [3.05, 3.63) is 40.5 Å². The van der Waals surface area contributed by atoms with E-state index in [9.17, 15) is 5.26 Å². The van der Waals surface area contributed by atoms with E-state index < -0.39 is 0 Å². The van der Waals surface area contributed by atoms with Crippen LogP contribution >= 0.6 is 0 Å². The average Bonchev–Trinajstić information content (AvgIpc) is 2.81. The Balaban J connectivity index is 2.23. The van der Waals surface area contributed by atoms with Crippen LogP contribution in [0.25, 0.3) is 0 Å². The molecule has 0 unspecified atom stereocenters. The second-order valence-corrected chi connectivity index (χ2v) is 6.88. The fraction of sp³-hybridized carbons (Fsp3) is 0.474. The van der Waals surface area contributed by atoms with Gasteiger partial charge in [0.15, 0.2) is 5.56 Å². The zero-order chi connectivity index (χ0) is 17.9. The molecule has 0 radical (unpaired) electrons. The van der Waals surface area contributed by atoms with Crippen LogP contribution in [-0.4, -0.2) is 9.78 Å². The number of aromatic nitrogens is 2. The van der Waals surface area contributed by atoms with Crippen molar-refractivity contribution < 1.29 is 4.74 Å². The van der Waals surface area contributed by atoms with Crippen molar-refractivity contribution in [3.63, 3.8) is 0 Å². The summed E-state index contributed by atoms with van der Waals surface area (Å²) < 4.78 is 7.49. The van der Waals surface area contributed by atoms with Gasteiger partial charge in [-0.3, -0.25) is 0 Å². The number of nitrogens with zero attached hydrogens (tertiary/aromatic N) is 3. The Kier molecular flexibility index (Phi) is 5.50. The van der Waals surface area contributed by atoms with E-state index >= 15 is 0 Å². The largest absolute Gasteiger partial charge is 0.471 e. The van der Waals surface area contributed by atoms with Crippen molar-refractivity contribution in [2.45, 2.75) is 53.7 Å². The number of nitrogens with two attached hydrogens (primary N) is 1. The minimum absolute atomic E-state index is 0.310. The summed E-state index contributed by atoms with van der Waals surface area (Å²) in [6, 6.07) is 8.50. The molecule has 0 aliphatic carbocycles. The lowest BCUT2D eigenvalue weighted by Gasteiger charge is -2.11. The number of anilines is 1. The predicted octanol–water partition coefficient (Wildman–Crippen LogP) is 4.00. The summed E-state index contributed by atoms with van der Waals surface area (Å²) in [5, 5.41) is 13.7. The molecule has 1 aromatic heterocycles. The van der Waals surface area contributed by atoms with Crippen molar-refractivity contribution in [2.24, 2.45) is 5.92 Å². The summed E-state index contributed by atoms with van der Waals surface area (Å²) >= 11 is 0. The van der Waals surface area contributed by atoms with Gasteiger partial charge in [-0.2, -0.15) is 5.26 Å². The second kappa shape index (κ2) is 7.39. The molecule has 0 saturated carbocycles. The Morgan fingerprint density at radius 3 is 2.58 bits per heavy atom. The molecule has 24 heavy (non-hydrogen) atoms. The van der Waals surface area contributed by atoms with Crippen LogP contribution in [0.15, 0.2) is 18.2 Å². The quantitative estimate of drug-likeness (QED) is 0.870. The highest BCUT2D eigenvalue weighted by atomic mass is 16.5. The molecule has 5 nitrogen and oxygen atoms in total. The van der Waals surface area contributed by atoms with Crippen LogP contribution in [0.1, 0.15) is 55.9 Å². The smallest absolute Gasteiger partial charge is 0.253 e. The van der Waals surface area contributed by atoms with E-state index in [1.54, 1.807) is 4.68 Å². The van der Waals surface area contributed by atoms with E-state index in [1.807, 2.05) is 0 Å². The van der Waals surface area contributed by atoms with E-state index in [0.29, 0.717) is 42.2 Å². The van der Waals surface area contributed by atoms with E-state index in [-0.39, 0.29) is 0 Å². The number of rotatable bonds is 6. The molecule has 2 rings (SSSR count). The summed E-state index contributed by atoms with van der Waals surface area (Å²) in [6.45, 7) is 11.6. The average molecular weight is 326 g/mol. The van der Waals surface area contributed by atoms with Gasteiger partial charge in [-0.15, -0.1) is 5.10 Å². The lowest BCUT2D eigenvalue weighted by molar-refractivity contribution is 0.286. The summed E-state index contributed by atoms with van der Waals surface area (Å²) in [4.78, 5) is 0. The molecule has 0 atom stereocenters. The number of benzene rings is 1. The lowest BCUT2D eigenvalue weighted by atomic mass is 9.98. The normalized spacial score (nSPS) is 11.1. The molecule has 0 saturated heterocycles. The molecular weight excluding hydrogens is 300 g/mol. The molecule has 5 heteroatoms. The molecule has 2 aromatic rings. The fourth-order valence-electron chi connectivity index (χ4n) is 2.50. The van der Waals surface area contributed by atoms with Crippen LogP contribution in [0.3, 0.4) is 0 Å². The standard InChI is InChI=1S/C19H26N4O/c1-12(2)10-23-18(21)17(9-20)19(22-23)24-11-16-8-15(13(3)4)7-6-14(16)5/h6-8,12-13H,10-11,21H2,1-5H3. The maximum atomic E-state index is 9.35. The topological polar surface area (TPSA) is 76.9 Å². The highest BCUT2D eigenvalue weighted by Gasteiger charge is 2.18. The van der Waals surface area contributed by atoms with Crippen LogP contribution in [0, 0.1) is 24.2 Å². The predicted molar refractivity (Wildman–Crippen MR) is 95.8 cm³/mol. The van der Waals surface area contributed by atoms with E-state index in [2.05, 4.69) is 64.0 Å². The minimum Gasteiger partial charge on any atom is -0.471 e. The van der Waals surface area contributed by atoms with Gasteiger partial charge in [0.25, 0.3) is 5.88 Å². The number of ether oxygens (including phenoxy) is 1. The van der Waals surface area contributed by atoms with Gasteiger partial charge in [-0.1, -0.05) is 45.9 Å². The minimum atomic E-state index is 0.310. The van der Waals surface area contributed by atoms with Crippen molar-refractivity contribution in [3.8, 4) is 11.9 Å². The second-order valence-electron chi connectivity index (χ2n) is 6.88. The first-order chi connectivity index (χ1) is 11.3. The van der Waals surface area contributed by atoms with E-state index in [4.69, 9.17) is 10.5 Å². The van der Waals surface area contributed by atoms with Crippen LogP contribution < -0.4 is 10.5 Å². The summed E-state index contributed by atoms with van der Waals surface area (Å²) in [7, 11) is 0. The first-order valence-electron chi connectivity index (χ1n) is 8.32. The van der Waals surface area contributed by atoms with Crippen molar-refractivity contribution in [1.82, 2.24) is 9.78 Å². The molecular formula is C19H26N4O. The number of nitriles is 1. The molecule has 0 spiro atoms. The molecule has 0 amide bonds. The van der Waals surface area contributed by atoms with Gasteiger partial charge in [-0.25, -0.2) is 4.68 Å². The van der Waals surface area contributed by atoms with Crippen LogP contribution in [-0.2, 0) is 13.2 Å². The van der Waals surface area contributed by atoms with Gasteiger partial charge in [0.1, 0.15) is 18.5 Å². The molecule has 1 heterocycles. The summed E-state index contributed by atoms with van der Waals surface area (Å²) in [5.41, 5.74) is 9.86. The third kappa shape index (κ3) is 3.88. The van der Waals surface area contributed by atoms with Gasteiger partial charge < -0.3 is 10.5 Å². The van der Waals surface area contributed by atoms with Crippen molar-refractivity contribution in [2.75, 3.05) is 5.73 Å². The highest BCUT2D eigenvalue weighted by molar-refractivity contribution is 5.55. The number of aryl methyl sites for hydroxylation is 1. The van der Waals surface area contributed by atoms with E-state index in [1.165, 1.54) is 5.56 Å². The highest BCUT2D eigenvalue weighted by Crippen LogP contribution is 2.26. The summed E-state index contributed by atoms with van der Waals surface area (Å²) in [5.74, 6) is 1.52. The van der Waals surface area contributed by atoms with Gasteiger partial charge in [0.05, 0.1) is 0 Å². The maximum absolute atomic E-state index is 9.35. The Bertz CT molecular complexity index is 753. The first-order valence-corrected chi connectivity index (χ1v) is 8.32. The van der Waals surface area contributed by atoms with Crippen LogP contribution in [0.2, 0.25) is 0 Å². The first kappa shape index (κ1) is 17.9. The zero-order valence-corrected chi connectivity index (χ0v) is 15.1. The van der Waals surface area contributed by atoms with Gasteiger partial charge in [0.2, 0.25) is 0 Å². The van der Waals surface area contributed by atoms with E-state index in [0.717, 1.165) is 11.1 Å². The molecule has 2 N–H and O–H groups in total.